The van der Waals surface area contributed by atoms with Crippen molar-refractivity contribution in [2.45, 2.75) is 0 Å². The molecule has 1 rings (SSSR count). The minimum absolute atomic E-state index is 0. The number of nitrogens with zero attached hydrogens (tertiary/aromatic N) is 1. The van der Waals surface area contributed by atoms with Gasteiger partial charge in [-0.15, -0.1) is 0 Å². The van der Waals surface area contributed by atoms with Gasteiger partial charge < -0.3 is 0 Å². The topological polar surface area (TPSA) is 112 Å². The molecular formula is C10H9NO6TeW. The summed E-state index contributed by atoms with van der Waals surface area (Å²) in [5.74, 6) is 0. The summed E-state index contributed by atoms with van der Waals surface area (Å²) in [7, 11) is 0. The van der Waals surface area contributed by atoms with Gasteiger partial charge in [0.25, 0.3) is 0 Å². The molecule has 0 bridgehead atoms. The van der Waals surface area contributed by atoms with Crippen LogP contribution in [0, 0.1) is 33.3 Å². The van der Waals surface area contributed by atoms with Crippen molar-refractivity contribution < 1.29 is 49.1 Å². The first-order chi connectivity index (χ1) is 8.93. The maximum atomic E-state index is 7.50. The summed E-state index contributed by atoms with van der Waals surface area (Å²) in [4.78, 5) is 2.27. The summed E-state index contributed by atoms with van der Waals surface area (Å²) in [6, 6.07) is 0. The molecule has 9 heteroatoms. The predicted molar refractivity (Wildman–Crippen MR) is 53.9 cm³/mol. The Morgan fingerprint density at radius 3 is 1.21 bits per heavy atom. The Labute approximate surface area is 139 Å². The van der Waals surface area contributed by atoms with E-state index in [-0.39, 0.29) is 21.1 Å². The van der Waals surface area contributed by atoms with Gasteiger partial charge in [0, 0.05) is 21.1 Å². The van der Waals surface area contributed by atoms with Crippen molar-refractivity contribution in [3.63, 3.8) is 0 Å². The smallest absolute Gasteiger partial charge is 0 e. The van der Waals surface area contributed by atoms with E-state index in [9.17, 15) is 0 Å². The quantitative estimate of drug-likeness (QED) is 0.238. The van der Waals surface area contributed by atoms with E-state index in [2.05, 4.69) is 42.3 Å². The fourth-order valence-electron chi connectivity index (χ4n) is 0.683. The van der Waals surface area contributed by atoms with Crippen molar-refractivity contribution in [2.75, 3.05) is 26.3 Å². The van der Waals surface area contributed by atoms with Gasteiger partial charge in [0.1, 0.15) is 0 Å². The number of hydrogen-bond acceptors (Lipinski definition) is 2. The molecule has 0 radical (unpaired) electrons. The van der Waals surface area contributed by atoms with Crippen LogP contribution in [-0.2, 0) is 49.1 Å². The van der Waals surface area contributed by atoms with E-state index in [1.54, 1.807) is 0 Å². The molecule has 1 aliphatic rings. The molecule has 1 saturated heterocycles. The standard InChI is InChI=1S/C5H9NOTe.5CO.W/c8-5-6-1-3-7-4-2-6;5*1-2;/h5H,1-4H2;;;;;;. The number of ether oxygens (including phenoxy) is 1. The minimum atomic E-state index is 0. The van der Waals surface area contributed by atoms with Crippen molar-refractivity contribution in [3.8, 4) is 0 Å². The zero-order chi connectivity index (χ0) is 15.8. The molecular weight excluding hydrogens is 542 g/mol. The van der Waals surface area contributed by atoms with Gasteiger partial charge in [0.15, 0.2) is 0 Å². The van der Waals surface area contributed by atoms with Crippen molar-refractivity contribution >= 4 is 26.0 Å². The molecule has 1 fully saturated rings. The van der Waals surface area contributed by atoms with Gasteiger partial charge in [0.05, 0.1) is 0 Å². The number of morpholine rings is 1. The summed E-state index contributed by atoms with van der Waals surface area (Å²) in [6.45, 7) is 26.4. The summed E-state index contributed by atoms with van der Waals surface area (Å²) < 4.78 is 44.8. The molecule has 0 spiro atoms. The molecule has 0 aromatic carbocycles. The van der Waals surface area contributed by atoms with Gasteiger partial charge in [-0.2, -0.15) is 0 Å². The van der Waals surface area contributed by atoms with Crippen LogP contribution in [-0.4, -0.2) is 57.2 Å². The average Bonchev–Trinajstić information content (AvgIpc) is 2.57. The molecule has 1 aliphatic heterocycles. The van der Waals surface area contributed by atoms with E-state index in [0.29, 0.717) is 0 Å². The van der Waals surface area contributed by atoms with Crippen LogP contribution in [0.4, 0.5) is 0 Å². The molecule has 19 heavy (non-hydrogen) atoms. The van der Waals surface area contributed by atoms with Gasteiger partial charge in [-0.25, -0.2) is 0 Å². The fraction of sp³-hybridized carbons (Fsp3) is 0.400. The third-order valence-electron chi connectivity index (χ3n) is 1.19. The molecule has 0 amide bonds. The zero-order valence-electron chi connectivity index (χ0n) is 9.62. The van der Waals surface area contributed by atoms with Gasteiger partial charge >= 0.3 is 118 Å². The molecule has 0 saturated carbocycles. The maximum Gasteiger partial charge on any atom is 0 e. The van der Waals surface area contributed by atoms with E-state index in [0.717, 1.165) is 26.3 Å². The first-order valence-electron chi connectivity index (χ1n) is 3.72. The first kappa shape index (κ1) is 36.4. The number of rotatable bonds is 1. The van der Waals surface area contributed by atoms with E-state index >= 15 is 0 Å². The van der Waals surface area contributed by atoms with Crippen LogP contribution in [0.1, 0.15) is 0 Å². The molecule has 0 atom stereocenters. The van der Waals surface area contributed by atoms with Gasteiger partial charge in [0.2, 0.25) is 0 Å². The van der Waals surface area contributed by atoms with Crippen LogP contribution in [0.3, 0.4) is 0 Å². The Balaban J connectivity index is -0.0000000332. The second-order valence-electron chi connectivity index (χ2n) is 1.75. The normalized spacial score (nSPS) is 9.26. The molecule has 0 unspecified atom stereocenters. The van der Waals surface area contributed by atoms with E-state index in [4.69, 9.17) is 28.0 Å². The average molecular weight is 551 g/mol. The molecule has 7 nitrogen and oxygen atoms in total. The van der Waals surface area contributed by atoms with Crippen molar-refractivity contribution in [3.05, 3.63) is 33.3 Å². The molecule has 102 valence electrons. The van der Waals surface area contributed by atoms with Crippen molar-refractivity contribution in [2.24, 2.45) is 0 Å². The van der Waals surface area contributed by atoms with Crippen LogP contribution >= 0.6 is 0 Å². The number of hydrogen-bond donors (Lipinski definition) is 0. The van der Waals surface area contributed by atoms with Gasteiger partial charge in [-0.1, -0.05) is 0 Å². The zero-order valence-corrected chi connectivity index (χ0v) is 14.9. The Bertz CT molecular complexity index is 210. The molecule has 1 heterocycles. The summed E-state index contributed by atoms with van der Waals surface area (Å²) >= 11 is 2.00. The largest absolute Gasteiger partial charge is 0 e. The van der Waals surface area contributed by atoms with Crippen molar-refractivity contribution in [1.82, 2.24) is 4.90 Å². The molecule has 0 aromatic heterocycles. The van der Waals surface area contributed by atoms with Crippen LogP contribution in [0.2, 0.25) is 0 Å². The Morgan fingerprint density at radius 1 is 0.789 bits per heavy atom. The van der Waals surface area contributed by atoms with E-state index in [1.165, 1.54) is 0 Å². The van der Waals surface area contributed by atoms with E-state index in [1.807, 2.05) is 21.8 Å². The third kappa shape index (κ3) is 46.3. The summed E-state index contributed by atoms with van der Waals surface area (Å²) in [5, 5.41) is 0. The Morgan fingerprint density at radius 2 is 1.05 bits per heavy atom. The van der Waals surface area contributed by atoms with Crippen molar-refractivity contribution in [1.29, 1.82) is 0 Å². The molecule has 0 N–H and O–H groups in total. The molecule has 0 aliphatic carbocycles. The second-order valence-corrected chi connectivity index (χ2v) is 2.36. The monoisotopic (exact) mass is 553 g/mol. The minimum Gasteiger partial charge on any atom is 0 e. The predicted octanol–water partition coefficient (Wildman–Crippen LogP) is -0.943. The van der Waals surface area contributed by atoms with E-state index < -0.39 is 0 Å². The summed E-state index contributed by atoms with van der Waals surface area (Å²) in [5.41, 5.74) is 0. The van der Waals surface area contributed by atoms with Gasteiger partial charge in [-0.3, -0.25) is 0 Å². The fourth-order valence-corrected chi connectivity index (χ4v) is 1.28. The Hall–Kier alpha value is -0.192. The van der Waals surface area contributed by atoms with Crippen LogP contribution in [0.5, 0.6) is 0 Å². The summed E-state index contributed by atoms with van der Waals surface area (Å²) in [6.07, 6.45) is 0. The third-order valence-corrected chi connectivity index (χ3v) is 2.05. The van der Waals surface area contributed by atoms with Crippen LogP contribution < -0.4 is 0 Å². The maximum absolute atomic E-state index is 7.50. The first-order valence-corrected chi connectivity index (χ1v) is 5.07. The SMILES string of the molecule is [C-]#[O+].[C-]#[O+].[C-]#[O+].[C-]#[O+].[C-]#[O+].[Te]=CN1CCOCC1.[W]. The van der Waals surface area contributed by atoms with Gasteiger partial charge in [-0.05, 0) is 0 Å². The van der Waals surface area contributed by atoms with Crippen LogP contribution in [0.15, 0.2) is 0 Å². The Kier molecular flexibility index (Phi) is 124. The second kappa shape index (κ2) is 64.8. The van der Waals surface area contributed by atoms with Crippen LogP contribution in [0.25, 0.3) is 0 Å². The molecule has 0 aromatic rings.